The minimum absolute atomic E-state index is 0.634. The highest BCUT2D eigenvalue weighted by Crippen LogP contribution is 2.27. The largest absolute Gasteiger partial charge is 0.308 e. The Morgan fingerprint density at radius 1 is 1.53 bits per heavy atom. The molecule has 1 N–H and O–H groups in total. The minimum Gasteiger partial charge on any atom is -0.308 e. The highest BCUT2D eigenvalue weighted by Gasteiger charge is 2.20. The van der Waals surface area contributed by atoms with Gasteiger partial charge in [-0.1, -0.05) is 12.8 Å². The number of nitrogens with one attached hydrogen (secondary N) is 1. The normalized spacial score (nSPS) is 19.6. The van der Waals surface area contributed by atoms with Crippen LogP contribution in [-0.4, -0.2) is 15.8 Å². The first-order valence-corrected chi connectivity index (χ1v) is 5.97. The van der Waals surface area contributed by atoms with Crippen molar-refractivity contribution in [2.24, 2.45) is 13.0 Å². The van der Waals surface area contributed by atoms with E-state index in [0.29, 0.717) is 6.04 Å². The predicted molar refractivity (Wildman–Crippen MR) is 61.5 cm³/mol. The standard InChI is InChI=1S/C12H21N3/c1-10(11-5-3-4-6-11)13-9-12-7-8-15(2)14-12/h7-8,10-11,13H,3-6,9H2,1-2H3. The molecule has 84 valence electrons. The van der Waals surface area contributed by atoms with Crippen LogP contribution in [0.25, 0.3) is 0 Å². The van der Waals surface area contributed by atoms with Crippen molar-refractivity contribution in [3.05, 3.63) is 18.0 Å². The summed E-state index contributed by atoms with van der Waals surface area (Å²) in [7, 11) is 1.96. The summed E-state index contributed by atoms with van der Waals surface area (Å²) < 4.78 is 1.86. The maximum atomic E-state index is 4.36. The molecule has 3 heteroatoms. The fourth-order valence-electron chi connectivity index (χ4n) is 2.45. The van der Waals surface area contributed by atoms with Crippen molar-refractivity contribution >= 4 is 0 Å². The molecular formula is C12H21N3. The van der Waals surface area contributed by atoms with E-state index in [2.05, 4.69) is 23.4 Å². The van der Waals surface area contributed by atoms with Gasteiger partial charge in [-0.15, -0.1) is 0 Å². The number of rotatable bonds is 4. The molecular weight excluding hydrogens is 186 g/mol. The van der Waals surface area contributed by atoms with Gasteiger partial charge in [0.25, 0.3) is 0 Å². The molecule has 0 amide bonds. The van der Waals surface area contributed by atoms with E-state index in [0.717, 1.165) is 18.2 Å². The second-order valence-electron chi connectivity index (χ2n) is 4.69. The lowest BCUT2D eigenvalue weighted by Crippen LogP contribution is -2.31. The van der Waals surface area contributed by atoms with Gasteiger partial charge < -0.3 is 5.32 Å². The maximum Gasteiger partial charge on any atom is 0.0762 e. The molecule has 3 nitrogen and oxygen atoms in total. The fourth-order valence-corrected chi connectivity index (χ4v) is 2.45. The molecule has 1 saturated carbocycles. The van der Waals surface area contributed by atoms with Crippen molar-refractivity contribution in [1.82, 2.24) is 15.1 Å². The molecule has 1 aliphatic rings. The Balaban J connectivity index is 1.77. The molecule has 1 aromatic rings. The second-order valence-corrected chi connectivity index (χ2v) is 4.69. The van der Waals surface area contributed by atoms with Crippen LogP contribution in [-0.2, 0) is 13.6 Å². The van der Waals surface area contributed by atoms with Crippen molar-refractivity contribution < 1.29 is 0 Å². The minimum atomic E-state index is 0.634. The van der Waals surface area contributed by atoms with Crippen LogP contribution in [0.15, 0.2) is 12.3 Å². The summed E-state index contributed by atoms with van der Waals surface area (Å²) >= 11 is 0. The van der Waals surface area contributed by atoms with Crippen LogP contribution < -0.4 is 5.32 Å². The van der Waals surface area contributed by atoms with Gasteiger partial charge >= 0.3 is 0 Å². The zero-order valence-electron chi connectivity index (χ0n) is 9.74. The third-order valence-electron chi connectivity index (χ3n) is 3.48. The summed E-state index contributed by atoms with van der Waals surface area (Å²) in [4.78, 5) is 0. The third-order valence-corrected chi connectivity index (χ3v) is 3.48. The molecule has 0 aromatic carbocycles. The van der Waals surface area contributed by atoms with Crippen LogP contribution in [0, 0.1) is 5.92 Å². The van der Waals surface area contributed by atoms with Crippen molar-refractivity contribution in [2.75, 3.05) is 0 Å². The summed E-state index contributed by atoms with van der Waals surface area (Å²) in [5.74, 6) is 0.883. The zero-order chi connectivity index (χ0) is 10.7. The topological polar surface area (TPSA) is 29.9 Å². The van der Waals surface area contributed by atoms with Crippen molar-refractivity contribution in [3.63, 3.8) is 0 Å². The molecule has 1 unspecified atom stereocenters. The van der Waals surface area contributed by atoms with E-state index in [4.69, 9.17) is 0 Å². The lowest BCUT2D eigenvalue weighted by molar-refractivity contribution is 0.378. The van der Waals surface area contributed by atoms with Gasteiger partial charge in [-0.25, -0.2) is 0 Å². The summed E-state index contributed by atoms with van der Waals surface area (Å²) in [6.45, 7) is 3.21. The number of nitrogens with zero attached hydrogens (tertiary/aromatic N) is 2. The lowest BCUT2D eigenvalue weighted by atomic mass is 10.00. The van der Waals surface area contributed by atoms with Gasteiger partial charge in [-0.2, -0.15) is 5.10 Å². The number of hydrogen-bond acceptors (Lipinski definition) is 2. The Morgan fingerprint density at radius 3 is 2.87 bits per heavy atom. The van der Waals surface area contributed by atoms with E-state index >= 15 is 0 Å². The van der Waals surface area contributed by atoms with E-state index in [-0.39, 0.29) is 0 Å². The van der Waals surface area contributed by atoms with Crippen LogP contribution in [0.4, 0.5) is 0 Å². The summed E-state index contributed by atoms with van der Waals surface area (Å²) in [6.07, 6.45) is 7.63. The predicted octanol–water partition coefficient (Wildman–Crippen LogP) is 2.09. The monoisotopic (exact) mass is 207 g/mol. The highest BCUT2D eigenvalue weighted by atomic mass is 15.3. The van der Waals surface area contributed by atoms with Gasteiger partial charge in [0, 0.05) is 25.8 Å². The molecule has 1 heterocycles. The van der Waals surface area contributed by atoms with Gasteiger partial charge in [0.2, 0.25) is 0 Å². The van der Waals surface area contributed by atoms with Gasteiger partial charge in [0.15, 0.2) is 0 Å². The maximum absolute atomic E-state index is 4.36. The third kappa shape index (κ3) is 2.81. The molecule has 0 spiro atoms. The van der Waals surface area contributed by atoms with Crippen LogP contribution in [0.1, 0.15) is 38.3 Å². The SMILES string of the molecule is CC(NCc1ccn(C)n1)C1CCCC1. The van der Waals surface area contributed by atoms with Crippen LogP contribution >= 0.6 is 0 Å². The molecule has 2 rings (SSSR count). The Kier molecular flexibility index (Phi) is 3.41. The average Bonchev–Trinajstić information content (AvgIpc) is 2.84. The zero-order valence-corrected chi connectivity index (χ0v) is 9.74. The fraction of sp³-hybridized carbons (Fsp3) is 0.750. The van der Waals surface area contributed by atoms with E-state index in [9.17, 15) is 0 Å². The molecule has 1 atom stereocenters. The Morgan fingerprint density at radius 2 is 2.27 bits per heavy atom. The van der Waals surface area contributed by atoms with Crippen molar-refractivity contribution in [1.29, 1.82) is 0 Å². The number of aromatic nitrogens is 2. The summed E-state index contributed by atoms with van der Waals surface area (Å²) in [6, 6.07) is 2.71. The molecule has 0 radical (unpaired) electrons. The Bertz CT molecular complexity index is 300. The van der Waals surface area contributed by atoms with Gasteiger partial charge in [0.05, 0.1) is 5.69 Å². The van der Waals surface area contributed by atoms with Gasteiger partial charge in [-0.05, 0) is 31.7 Å². The summed E-state index contributed by atoms with van der Waals surface area (Å²) in [5, 5.41) is 7.94. The molecule has 1 aliphatic carbocycles. The van der Waals surface area contributed by atoms with E-state index in [1.54, 1.807) is 0 Å². The summed E-state index contributed by atoms with van der Waals surface area (Å²) in [5.41, 5.74) is 1.14. The second kappa shape index (κ2) is 4.79. The molecule has 1 aromatic heterocycles. The Hall–Kier alpha value is -0.830. The molecule has 15 heavy (non-hydrogen) atoms. The Labute approximate surface area is 91.9 Å². The van der Waals surface area contributed by atoms with E-state index in [1.807, 2.05) is 17.9 Å². The van der Waals surface area contributed by atoms with Crippen molar-refractivity contribution in [2.45, 2.75) is 45.2 Å². The average molecular weight is 207 g/mol. The van der Waals surface area contributed by atoms with Gasteiger partial charge in [-0.3, -0.25) is 4.68 Å². The van der Waals surface area contributed by atoms with Crippen LogP contribution in [0.2, 0.25) is 0 Å². The smallest absolute Gasteiger partial charge is 0.0762 e. The van der Waals surface area contributed by atoms with Crippen LogP contribution in [0.5, 0.6) is 0 Å². The van der Waals surface area contributed by atoms with Crippen LogP contribution in [0.3, 0.4) is 0 Å². The number of hydrogen-bond donors (Lipinski definition) is 1. The molecule has 1 fully saturated rings. The van der Waals surface area contributed by atoms with Crippen molar-refractivity contribution in [3.8, 4) is 0 Å². The molecule has 0 aliphatic heterocycles. The number of aryl methyl sites for hydroxylation is 1. The van der Waals surface area contributed by atoms with E-state index in [1.165, 1.54) is 25.7 Å². The first-order valence-electron chi connectivity index (χ1n) is 5.97. The first kappa shape index (κ1) is 10.7. The van der Waals surface area contributed by atoms with E-state index < -0.39 is 0 Å². The first-order chi connectivity index (χ1) is 7.25. The van der Waals surface area contributed by atoms with Gasteiger partial charge in [0.1, 0.15) is 0 Å². The molecule has 0 saturated heterocycles. The molecule has 0 bridgehead atoms. The lowest BCUT2D eigenvalue weighted by Gasteiger charge is -2.19. The highest BCUT2D eigenvalue weighted by molar-refractivity contribution is 4.98. The quantitative estimate of drug-likeness (QED) is 0.819.